The summed E-state index contributed by atoms with van der Waals surface area (Å²) >= 11 is 0. The molecule has 1 aliphatic rings. The van der Waals surface area contributed by atoms with Gasteiger partial charge in [0.25, 0.3) is 0 Å². The molecule has 0 aromatic heterocycles. The number of benzene rings is 1. The fraction of sp³-hybridized carbons (Fsp3) is 0.556. The first-order valence-corrected chi connectivity index (χ1v) is 7.41. The summed E-state index contributed by atoms with van der Waals surface area (Å²) in [5.74, 6) is 0.639. The number of hydrogen-bond acceptors (Lipinski definition) is 0. The van der Waals surface area contributed by atoms with Gasteiger partial charge in [0.05, 0.1) is 0 Å². The number of rotatable bonds is 4. The molecule has 1 aromatic carbocycles. The van der Waals surface area contributed by atoms with Gasteiger partial charge in [0.1, 0.15) is 0 Å². The molecule has 1 atom stereocenters. The minimum atomic E-state index is 0.472. The van der Waals surface area contributed by atoms with Gasteiger partial charge in [0.2, 0.25) is 0 Å². The maximum Gasteiger partial charge on any atom is -0.0111 e. The van der Waals surface area contributed by atoms with Crippen molar-refractivity contribution in [1.29, 1.82) is 0 Å². The van der Waals surface area contributed by atoms with E-state index in [0.717, 1.165) is 0 Å². The molecule has 1 aliphatic carbocycles. The van der Waals surface area contributed by atoms with Gasteiger partial charge in [0, 0.05) is 0 Å². The first-order valence-electron chi connectivity index (χ1n) is 7.41. The zero-order valence-corrected chi connectivity index (χ0v) is 11.9. The van der Waals surface area contributed by atoms with Crippen molar-refractivity contribution in [1.82, 2.24) is 0 Å². The molecule has 1 unspecified atom stereocenters. The fourth-order valence-corrected chi connectivity index (χ4v) is 3.72. The summed E-state index contributed by atoms with van der Waals surface area (Å²) in [6, 6.07) is 10.7. The number of allylic oxidation sites excluding steroid dienone is 1. The van der Waals surface area contributed by atoms with Crippen LogP contribution in [0.25, 0.3) is 5.57 Å². The van der Waals surface area contributed by atoms with Crippen LogP contribution in [0.5, 0.6) is 0 Å². The maximum absolute atomic E-state index is 4.42. The molecule has 98 valence electrons. The van der Waals surface area contributed by atoms with Crippen LogP contribution in [0.3, 0.4) is 0 Å². The minimum Gasteiger partial charge on any atom is -0.0949 e. The Balaban J connectivity index is 2.20. The van der Waals surface area contributed by atoms with Gasteiger partial charge in [-0.3, -0.25) is 0 Å². The summed E-state index contributed by atoms with van der Waals surface area (Å²) in [5, 5.41) is 0. The van der Waals surface area contributed by atoms with Gasteiger partial charge < -0.3 is 0 Å². The molecule has 1 aromatic rings. The summed E-state index contributed by atoms with van der Waals surface area (Å²) in [5.41, 5.74) is 3.15. The molecule has 0 nitrogen and oxygen atoms in total. The van der Waals surface area contributed by atoms with E-state index in [1.165, 1.54) is 49.7 Å². The van der Waals surface area contributed by atoms with Crippen molar-refractivity contribution < 1.29 is 0 Å². The van der Waals surface area contributed by atoms with Crippen LogP contribution in [0.4, 0.5) is 0 Å². The first-order chi connectivity index (χ1) is 8.67. The average molecular weight is 242 g/mol. The second-order valence-electron chi connectivity index (χ2n) is 6.07. The Morgan fingerprint density at radius 1 is 1.17 bits per heavy atom. The Labute approximate surface area is 112 Å². The van der Waals surface area contributed by atoms with Crippen LogP contribution < -0.4 is 0 Å². The zero-order valence-electron chi connectivity index (χ0n) is 11.9. The Morgan fingerprint density at radius 2 is 1.78 bits per heavy atom. The summed E-state index contributed by atoms with van der Waals surface area (Å²) in [4.78, 5) is 0. The van der Waals surface area contributed by atoms with Gasteiger partial charge in [0.15, 0.2) is 0 Å². The van der Waals surface area contributed by atoms with Crippen LogP contribution in [-0.4, -0.2) is 0 Å². The van der Waals surface area contributed by atoms with E-state index in [1.54, 1.807) is 0 Å². The molecule has 1 saturated carbocycles. The van der Waals surface area contributed by atoms with Crippen LogP contribution in [0.2, 0.25) is 0 Å². The van der Waals surface area contributed by atoms with Gasteiger partial charge in [-0.1, -0.05) is 70.0 Å². The van der Waals surface area contributed by atoms with E-state index in [-0.39, 0.29) is 0 Å². The van der Waals surface area contributed by atoms with Crippen molar-refractivity contribution in [3.63, 3.8) is 0 Å². The van der Waals surface area contributed by atoms with E-state index in [9.17, 15) is 0 Å². The molecule has 0 heteroatoms. The first kappa shape index (κ1) is 13.4. The van der Waals surface area contributed by atoms with Gasteiger partial charge in [-0.2, -0.15) is 0 Å². The molecule has 1 fully saturated rings. The molecule has 0 amide bonds. The minimum absolute atomic E-state index is 0.472. The van der Waals surface area contributed by atoms with E-state index < -0.39 is 0 Å². The second kappa shape index (κ2) is 5.73. The van der Waals surface area contributed by atoms with Crippen molar-refractivity contribution in [3.8, 4) is 0 Å². The fourth-order valence-electron chi connectivity index (χ4n) is 3.72. The second-order valence-corrected chi connectivity index (χ2v) is 6.07. The van der Waals surface area contributed by atoms with Crippen LogP contribution in [0, 0.1) is 11.3 Å². The summed E-state index contributed by atoms with van der Waals surface area (Å²) in [6.07, 6.45) is 8.17. The lowest BCUT2D eigenvalue weighted by Crippen LogP contribution is -2.30. The molecule has 0 radical (unpaired) electrons. The Morgan fingerprint density at radius 3 is 2.33 bits per heavy atom. The Hall–Kier alpha value is -1.04. The van der Waals surface area contributed by atoms with E-state index in [1.807, 2.05) is 0 Å². The predicted octanol–water partition coefficient (Wildman–Crippen LogP) is 5.70. The third kappa shape index (κ3) is 2.68. The maximum atomic E-state index is 4.42. The zero-order chi connectivity index (χ0) is 13.0. The van der Waals surface area contributed by atoms with E-state index in [4.69, 9.17) is 0 Å². The van der Waals surface area contributed by atoms with E-state index in [2.05, 4.69) is 50.8 Å². The highest BCUT2D eigenvalue weighted by Gasteiger charge is 2.35. The van der Waals surface area contributed by atoms with E-state index in [0.29, 0.717) is 11.3 Å². The SMILES string of the molecule is C=C(c1ccccc1)C(CC)C1(C)CCCCC1. The summed E-state index contributed by atoms with van der Waals surface area (Å²) in [7, 11) is 0. The summed E-state index contributed by atoms with van der Waals surface area (Å²) < 4.78 is 0. The predicted molar refractivity (Wildman–Crippen MR) is 80.4 cm³/mol. The lowest BCUT2D eigenvalue weighted by atomic mass is 9.63. The molecular formula is C18H26. The van der Waals surface area contributed by atoms with Crippen LogP contribution >= 0.6 is 0 Å². The number of hydrogen-bond donors (Lipinski definition) is 0. The Kier molecular flexibility index (Phi) is 4.27. The van der Waals surface area contributed by atoms with Gasteiger partial charge in [-0.15, -0.1) is 0 Å². The standard InChI is InChI=1S/C18H26/c1-4-17(18(3)13-9-6-10-14-18)15(2)16-11-7-5-8-12-16/h5,7-8,11-12,17H,2,4,6,9-10,13-14H2,1,3H3. The highest BCUT2D eigenvalue weighted by atomic mass is 14.4. The quantitative estimate of drug-likeness (QED) is 0.635. The van der Waals surface area contributed by atoms with Crippen molar-refractivity contribution in [2.45, 2.75) is 52.4 Å². The van der Waals surface area contributed by atoms with Gasteiger partial charge in [-0.25, -0.2) is 0 Å². The van der Waals surface area contributed by atoms with Crippen molar-refractivity contribution in [2.24, 2.45) is 11.3 Å². The normalized spacial score (nSPS) is 20.3. The summed E-state index contributed by atoms with van der Waals surface area (Å²) in [6.45, 7) is 9.22. The van der Waals surface area contributed by atoms with Crippen molar-refractivity contribution in [3.05, 3.63) is 42.5 Å². The van der Waals surface area contributed by atoms with Crippen LogP contribution in [0.15, 0.2) is 36.9 Å². The third-order valence-electron chi connectivity index (χ3n) is 4.81. The molecule has 0 saturated heterocycles. The van der Waals surface area contributed by atoms with Gasteiger partial charge in [-0.05, 0) is 41.7 Å². The molecule has 18 heavy (non-hydrogen) atoms. The highest BCUT2D eigenvalue weighted by Crippen LogP contribution is 2.48. The lowest BCUT2D eigenvalue weighted by Gasteiger charge is -2.41. The van der Waals surface area contributed by atoms with Gasteiger partial charge >= 0.3 is 0 Å². The molecule has 2 rings (SSSR count). The lowest BCUT2D eigenvalue weighted by molar-refractivity contribution is 0.152. The average Bonchev–Trinajstić information content (AvgIpc) is 2.41. The largest absolute Gasteiger partial charge is 0.0949 e. The topological polar surface area (TPSA) is 0 Å². The van der Waals surface area contributed by atoms with Crippen molar-refractivity contribution in [2.75, 3.05) is 0 Å². The molecule has 0 N–H and O–H groups in total. The third-order valence-corrected chi connectivity index (χ3v) is 4.81. The molecular weight excluding hydrogens is 216 g/mol. The van der Waals surface area contributed by atoms with Crippen LogP contribution in [-0.2, 0) is 0 Å². The van der Waals surface area contributed by atoms with Crippen molar-refractivity contribution >= 4 is 5.57 Å². The molecule has 0 bridgehead atoms. The highest BCUT2D eigenvalue weighted by molar-refractivity contribution is 5.65. The Bertz CT molecular complexity index is 382. The molecule has 0 aliphatic heterocycles. The van der Waals surface area contributed by atoms with E-state index >= 15 is 0 Å². The molecule has 0 spiro atoms. The molecule has 0 heterocycles. The smallest absolute Gasteiger partial charge is 0.0111 e. The van der Waals surface area contributed by atoms with Crippen LogP contribution in [0.1, 0.15) is 57.9 Å². The monoisotopic (exact) mass is 242 g/mol.